The van der Waals surface area contributed by atoms with E-state index in [0.717, 1.165) is 30.1 Å². The van der Waals surface area contributed by atoms with Crippen LogP contribution in [-0.2, 0) is 20.9 Å². The number of methoxy groups -OCH3 is 1. The van der Waals surface area contributed by atoms with Gasteiger partial charge in [-0.2, -0.15) is 9.69 Å². The Balaban J connectivity index is 1.23. The van der Waals surface area contributed by atoms with Crippen molar-refractivity contribution in [2.45, 2.75) is 13.0 Å². The molecular formula is C31H30Cl2N7O5+. The second kappa shape index (κ2) is 11.8. The second-order valence-electron chi connectivity index (χ2n) is 11.6. The monoisotopic (exact) mass is 650 g/mol. The molecule has 2 N–H and O–H groups in total. The van der Waals surface area contributed by atoms with Crippen LogP contribution < -0.4 is 15.4 Å². The van der Waals surface area contributed by atoms with Gasteiger partial charge < -0.3 is 15.4 Å². The number of halogens is 2. The maximum atomic E-state index is 13.1. The highest BCUT2D eigenvalue weighted by Gasteiger charge is 2.48. The van der Waals surface area contributed by atoms with Crippen molar-refractivity contribution in [3.63, 3.8) is 0 Å². The van der Waals surface area contributed by atoms with E-state index >= 15 is 0 Å². The number of imide groups is 1. The summed E-state index contributed by atoms with van der Waals surface area (Å²) in [6.45, 7) is 3.02. The van der Waals surface area contributed by atoms with Gasteiger partial charge in [-0.25, -0.2) is 14.4 Å². The fourth-order valence-corrected chi connectivity index (χ4v) is 6.64. The van der Waals surface area contributed by atoms with E-state index in [2.05, 4.69) is 20.5 Å². The van der Waals surface area contributed by atoms with Crippen molar-refractivity contribution < 1.29 is 28.5 Å². The molecule has 2 saturated heterocycles. The van der Waals surface area contributed by atoms with Gasteiger partial charge in [0.1, 0.15) is 0 Å². The van der Waals surface area contributed by atoms with Gasteiger partial charge in [-0.3, -0.25) is 19.5 Å². The summed E-state index contributed by atoms with van der Waals surface area (Å²) in [6, 6.07) is 10.0. The Hall–Kier alpha value is -4.39. The number of rotatable bonds is 7. The number of carbonyl (C=O) groups is 4. The summed E-state index contributed by atoms with van der Waals surface area (Å²) in [6.07, 6.45) is 3.42. The second-order valence-corrected chi connectivity index (χ2v) is 12.3. The van der Waals surface area contributed by atoms with Crippen LogP contribution in [0, 0.1) is 11.3 Å². The molecule has 0 saturated carbocycles. The number of ether oxygens (including phenoxy) is 1. The van der Waals surface area contributed by atoms with Crippen molar-refractivity contribution in [1.29, 1.82) is 0 Å². The highest BCUT2D eigenvalue weighted by Crippen LogP contribution is 2.41. The van der Waals surface area contributed by atoms with E-state index in [1.54, 1.807) is 37.6 Å². The molecule has 5 amide bonds. The first-order valence-corrected chi connectivity index (χ1v) is 14.9. The molecule has 232 valence electrons. The lowest BCUT2D eigenvalue weighted by atomic mass is 9.79. The van der Waals surface area contributed by atoms with E-state index in [1.807, 2.05) is 12.1 Å². The first-order chi connectivity index (χ1) is 21.5. The van der Waals surface area contributed by atoms with Gasteiger partial charge in [-0.15, -0.1) is 0 Å². The molecule has 0 radical (unpaired) electrons. The van der Waals surface area contributed by atoms with Gasteiger partial charge >= 0.3 is 11.9 Å². The molecule has 2 fully saturated rings. The first-order valence-electron chi connectivity index (χ1n) is 14.2. The Labute approximate surface area is 269 Å². The number of amides is 5. The number of pyridine rings is 2. The first kappa shape index (κ1) is 30.6. The smallest absolute Gasteiger partial charge is 0.481 e. The molecule has 1 spiro atoms. The number of hydrogen-bond acceptors (Lipinski definition) is 8. The SMILES string of the molecule is COc1nc(-c2ccnc(-c3cccc(NC(=O)C4C=[N+](C)C(=O)N(C)C4=O)c3Cl)c2Cl)ccc1CN1CC2(CNC(=O)C2)C1. The molecule has 0 aliphatic carbocycles. The molecule has 2 aromatic heterocycles. The average Bonchev–Trinajstić information content (AvgIpc) is 3.41. The Morgan fingerprint density at radius 1 is 1.13 bits per heavy atom. The molecule has 3 aliphatic rings. The van der Waals surface area contributed by atoms with Crippen molar-refractivity contribution in [3.05, 3.63) is 58.2 Å². The van der Waals surface area contributed by atoms with Crippen LogP contribution in [0.15, 0.2) is 42.6 Å². The van der Waals surface area contributed by atoms with E-state index in [4.69, 9.17) is 32.9 Å². The van der Waals surface area contributed by atoms with E-state index in [0.29, 0.717) is 46.4 Å². The number of benzene rings is 1. The maximum absolute atomic E-state index is 13.1. The molecule has 12 nitrogen and oxygen atoms in total. The molecule has 0 bridgehead atoms. The fourth-order valence-electron chi connectivity index (χ4n) is 6.07. The minimum absolute atomic E-state index is 0.0274. The lowest BCUT2D eigenvalue weighted by Gasteiger charge is -2.47. The predicted molar refractivity (Wildman–Crippen MR) is 167 cm³/mol. The molecule has 1 unspecified atom stereocenters. The summed E-state index contributed by atoms with van der Waals surface area (Å²) in [5.74, 6) is -1.92. The Morgan fingerprint density at radius 2 is 1.91 bits per heavy atom. The topological polar surface area (TPSA) is 137 Å². The van der Waals surface area contributed by atoms with Crippen molar-refractivity contribution >= 4 is 58.9 Å². The molecule has 6 rings (SSSR count). The van der Waals surface area contributed by atoms with Crippen LogP contribution in [0.5, 0.6) is 5.88 Å². The summed E-state index contributed by atoms with van der Waals surface area (Å²) in [5.41, 5.74) is 3.20. The van der Waals surface area contributed by atoms with Crippen molar-refractivity contribution in [2.75, 3.05) is 46.2 Å². The van der Waals surface area contributed by atoms with Gasteiger partial charge in [-0.1, -0.05) is 41.4 Å². The van der Waals surface area contributed by atoms with Gasteiger partial charge in [-0.05, 0) is 18.2 Å². The van der Waals surface area contributed by atoms with Crippen LogP contribution in [0.1, 0.15) is 12.0 Å². The molecule has 3 aromatic rings. The van der Waals surface area contributed by atoms with Crippen LogP contribution in [-0.4, -0.2) is 95.1 Å². The van der Waals surface area contributed by atoms with E-state index in [9.17, 15) is 19.2 Å². The van der Waals surface area contributed by atoms with E-state index in [-0.39, 0.29) is 22.0 Å². The van der Waals surface area contributed by atoms with Crippen LogP contribution in [0.4, 0.5) is 10.5 Å². The Bertz CT molecular complexity index is 1790. The highest BCUT2D eigenvalue weighted by atomic mass is 35.5. The van der Waals surface area contributed by atoms with Crippen molar-refractivity contribution in [2.24, 2.45) is 11.3 Å². The summed E-state index contributed by atoms with van der Waals surface area (Å²) >= 11 is 13.7. The van der Waals surface area contributed by atoms with Crippen LogP contribution in [0.3, 0.4) is 0 Å². The zero-order chi connectivity index (χ0) is 32.0. The normalized spacial score (nSPS) is 19.3. The predicted octanol–water partition coefficient (Wildman–Crippen LogP) is 3.31. The van der Waals surface area contributed by atoms with Crippen LogP contribution >= 0.6 is 23.2 Å². The third-order valence-corrected chi connectivity index (χ3v) is 9.15. The van der Waals surface area contributed by atoms with Gasteiger partial charge in [0.05, 0.1) is 54.5 Å². The zero-order valence-electron chi connectivity index (χ0n) is 24.8. The third kappa shape index (κ3) is 5.65. The molecule has 1 atom stereocenters. The third-order valence-electron chi connectivity index (χ3n) is 8.36. The fraction of sp³-hybridized carbons (Fsp3) is 0.323. The van der Waals surface area contributed by atoms with Gasteiger partial charge in [0.2, 0.25) is 17.7 Å². The largest absolute Gasteiger partial charge is 0.499 e. The Morgan fingerprint density at radius 3 is 2.62 bits per heavy atom. The minimum atomic E-state index is -1.21. The number of likely N-dealkylation sites (tertiary alicyclic amines) is 1. The number of urea groups is 1. The number of anilines is 1. The summed E-state index contributed by atoms with van der Waals surface area (Å²) in [7, 11) is 4.36. The maximum Gasteiger partial charge on any atom is 0.499 e. The van der Waals surface area contributed by atoms with E-state index in [1.165, 1.54) is 24.9 Å². The molecule has 14 heteroatoms. The van der Waals surface area contributed by atoms with Gasteiger partial charge in [0, 0.05) is 60.9 Å². The molecule has 5 heterocycles. The van der Waals surface area contributed by atoms with Gasteiger partial charge in [0.25, 0.3) is 0 Å². The number of nitrogens with zero attached hydrogens (tertiary/aromatic N) is 5. The molecular weight excluding hydrogens is 621 g/mol. The average molecular weight is 652 g/mol. The quantitative estimate of drug-likeness (QED) is 0.294. The standard InChI is InChI=1S/C31H29Cl2N7O5/c1-38-13-20(29(43)39(2)30(38)44)27(42)36-22-6-4-5-19(24(22)32)26-25(33)18(9-10-34-26)21-8-7-17(28(37-21)45-3)12-40-15-31(16-40)11-23(41)35-14-31/h4-10,13,20H,11-12,14-16H2,1-3H3,(H-,35,36,41,42)/p+1. The van der Waals surface area contributed by atoms with Crippen molar-refractivity contribution in [3.8, 4) is 28.4 Å². The molecule has 1 aromatic carbocycles. The molecule has 3 aliphatic heterocycles. The summed E-state index contributed by atoms with van der Waals surface area (Å²) in [4.78, 5) is 61.8. The lowest BCUT2D eigenvalue weighted by Crippen LogP contribution is -2.56. The number of hydrogen-bond donors (Lipinski definition) is 2. The zero-order valence-corrected chi connectivity index (χ0v) is 26.3. The minimum Gasteiger partial charge on any atom is -0.481 e. The van der Waals surface area contributed by atoms with E-state index < -0.39 is 23.8 Å². The summed E-state index contributed by atoms with van der Waals surface area (Å²) < 4.78 is 6.83. The van der Waals surface area contributed by atoms with Crippen LogP contribution in [0.25, 0.3) is 22.5 Å². The van der Waals surface area contributed by atoms with Crippen molar-refractivity contribution in [1.82, 2.24) is 25.1 Å². The number of aromatic nitrogens is 2. The number of carbonyl (C=O) groups excluding carboxylic acids is 4. The number of nitrogens with one attached hydrogen (secondary N) is 2. The molecule has 45 heavy (non-hydrogen) atoms. The highest BCUT2D eigenvalue weighted by molar-refractivity contribution is 6.39. The Kier molecular flexibility index (Phi) is 8.06. The van der Waals surface area contributed by atoms with Gasteiger partial charge in [0.15, 0.2) is 5.92 Å². The summed E-state index contributed by atoms with van der Waals surface area (Å²) in [5, 5.41) is 6.09. The lowest BCUT2D eigenvalue weighted by molar-refractivity contribution is -0.400. The van der Waals surface area contributed by atoms with Crippen LogP contribution in [0.2, 0.25) is 10.0 Å².